The van der Waals surface area contributed by atoms with E-state index in [4.69, 9.17) is 9.26 Å². The average Bonchev–Trinajstić information content (AvgIpc) is 3.45. The molecule has 4 aromatic rings. The largest absolute Gasteiger partial charge is 0.493 e. The monoisotopic (exact) mass is 462 g/mol. The molecule has 0 aliphatic rings. The molecule has 4 rings (SSSR count). The van der Waals surface area contributed by atoms with E-state index >= 15 is 0 Å². The molecule has 2 aromatic carbocycles. The average molecular weight is 463 g/mol. The summed E-state index contributed by atoms with van der Waals surface area (Å²) in [6.45, 7) is 8.59. The predicted molar refractivity (Wildman–Crippen MR) is 129 cm³/mol. The van der Waals surface area contributed by atoms with Crippen molar-refractivity contribution in [2.24, 2.45) is 0 Å². The molecule has 1 N–H and O–H groups in total. The van der Waals surface area contributed by atoms with Gasteiger partial charge >= 0.3 is 0 Å². The van der Waals surface area contributed by atoms with Gasteiger partial charge in [0.05, 0.1) is 24.3 Å². The van der Waals surface area contributed by atoms with Crippen LogP contribution in [0, 0.1) is 0 Å². The topological polar surface area (TPSA) is 90.1 Å². The first-order chi connectivity index (χ1) is 15.8. The third kappa shape index (κ3) is 5.46. The Morgan fingerprint density at radius 1 is 1.09 bits per heavy atom. The van der Waals surface area contributed by atoms with Gasteiger partial charge in [-0.25, -0.2) is 4.98 Å². The van der Waals surface area contributed by atoms with Crippen LogP contribution in [0.3, 0.4) is 0 Å². The minimum absolute atomic E-state index is 0.132. The summed E-state index contributed by atoms with van der Waals surface area (Å²) in [6.07, 6.45) is 0.189. The maximum atomic E-state index is 12.6. The molecule has 0 aliphatic heterocycles. The Bertz CT molecular complexity index is 1240. The normalized spacial score (nSPS) is 11.4. The van der Waals surface area contributed by atoms with Crippen LogP contribution in [0.1, 0.15) is 39.3 Å². The van der Waals surface area contributed by atoms with Gasteiger partial charge in [-0.3, -0.25) is 4.79 Å². The van der Waals surface area contributed by atoms with E-state index in [9.17, 15) is 4.79 Å². The molecule has 170 valence electrons. The molecule has 0 unspecified atom stereocenters. The van der Waals surface area contributed by atoms with Crippen molar-refractivity contribution in [3.05, 3.63) is 65.5 Å². The molecule has 0 aliphatic carbocycles. The number of amides is 1. The summed E-state index contributed by atoms with van der Waals surface area (Å²) < 4.78 is 11.0. The van der Waals surface area contributed by atoms with Gasteiger partial charge in [0, 0.05) is 22.0 Å². The molecule has 0 radical (unpaired) electrons. The van der Waals surface area contributed by atoms with Gasteiger partial charge in [0.2, 0.25) is 17.6 Å². The smallest absolute Gasteiger partial charge is 0.232 e. The quantitative estimate of drug-likeness (QED) is 0.377. The third-order valence-corrected chi connectivity index (χ3v) is 5.73. The van der Waals surface area contributed by atoms with Crippen LogP contribution in [-0.4, -0.2) is 27.6 Å². The molecule has 7 nitrogen and oxygen atoms in total. The molecule has 2 heterocycles. The second kappa shape index (κ2) is 9.54. The highest BCUT2D eigenvalue weighted by molar-refractivity contribution is 7.13. The number of ether oxygens (including phenoxy) is 1. The molecule has 0 saturated heterocycles. The minimum atomic E-state index is -0.209. The van der Waals surface area contributed by atoms with Crippen LogP contribution in [0.5, 0.6) is 5.75 Å². The van der Waals surface area contributed by atoms with Crippen molar-refractivity contribution in [2.75, 3.05) is 11.9 Å². The number of nitrogens with one attached hydrogen (secondary N) is 1. The zero-order valence-electron chi connectivity index (χ0n) is 19.1. The summed E-state index contributed by atoms with van der Waals surface area (Å²) in [7, 11) is 0. The van der Waals surface area contributed by atoms with E-state index < -0.39 is 0 Å². The molecular formula is C25H26N4O3S. The molecule has 0 fully saturated rings. The van der Waals surface area contributed by atoms with Crippen LogP contribution in [0.15, 0.2) is 58.4 Å². The zero-order valence-corrected chi connectivity index (χ0v) is 19.9. The Morgan fingerprint density at radius 2 is 1.85 bits per heavy atom. The number of thiazole rings is 1. The van der Waals surface area contributed by atoms with Gasteiger partial charge < -0.3 is 14.6 Å². The molecule has 2 aromatic heterocycles. The zero-order chi connectivity index (χ0) is 23.4. The second-order valence-electron chi connectivity index (χ2n) is 8.55. The van der Waals surface area contributed by atoms with Gasteiger partial charge in [0.1, 0.15) is 10.8 Å². The van der Waals surface area contributed by atoms with Gasteiger partial charge in [-0.05, 0) is 43.3 Å². The minimum Gasteiger partial charge on any atom is -0.493 e. The number of anilines is 1. The Labute approximate surface area is 196 Å². The van der Waals surface area contributed by atoms with E-state index in [1.165, 1.54) is 11.3 Å². The number of aromatic nitrogens is 3. The molecule has 0 atom stereocenters. The van der Waals surface area contributed by atoms with Crippen molar-refractivity contribution >= 4 is 22.9 Å². The lowest BCUT2D eigenvalue weighted by molar-refractivity contribution is -0.115. The van der Waals surface area contributed by atoms with E-state index in [1.807, 2.05) is 81.6 Å². The van der Waals surface area contributed by atoms with E-state index in [-0.39, 0.29) is 17.7 Å². The fraction of sp³-hybridized carbons (Fsp3) is 0.280. The van der Waals surface area contributed by atoms with Crippen LogP contribution in [0.25, 0.3) is 22.0 Å². The number of hydrogen-bond acceptors (Lipinski definition) is 7. The SMILES string of the molecule is CCOc1ccccc1-c1nc(CC(=O)Nc2ccc(-c3noc(C(C)(C)C)n3)cc2)cs1. The van der Waals surface area contributed by atoms with E-state index in [0.717, 1.165) is 27.6 Å². The fourth-order valence-electron chi connectivity index (χ4n) is 3.15. The summed E-state index contributed by atoms with van der Waals surface area (Å²) in [5, 5.41) is 9.71. The van der Waals surface area contributed by atoms with Crippen molar-refractivity contribution in [3.8, 4) is 27.7 Å². The fourth-order valence-corrected chi connectivity index (χ4v) is 4.00. The lowest BCUT2D eigenvalue weighted by Gasteiger charge is -2.10. The highest BCUT2D eigenvalue weighted by Gasteiger charge is 2.22. The van der Waals surface area contributed by atoms with E-state index in [0.29, 0.717) is 24.0 Å². The van der Waals surface area contributed by atoms with E-state index in [1.54, 1.807) is 0 Å². The summed E-state index contributed by atoms with van der Waals surface area (Å²) in [4.78, 5) is 21.6. The van der Waals surface area contributed by atoms with Crippen LogP contribution < -0.4 is 10.1 Å². The molecular weight excluding hydrogens is 436 g/mol. The molecule has 0 bridgehead atoms. The van der Waals surface area contributed by atoms with Crippen molar-refractivity contribution in [1.29, 1.82) is 0 Å². The van der Waals surface area contributed by atoms with Crippen molar-refractivity contribution < 1.29 is 14.1 Å². The Balaban J connectivity index is 1.39. The number of carbonyl (C=O) groups excluding carboxylic acids is 1. The van der Waals surface area contributed by atoms with Gasteiger partial charge in [0.15, 0.2) is 0 Å². The first kappa shape index (κ1) is 22.7. The van der Waals surface area contributed by atoms with Gasteiger partial charge in [-0.1, -0.05) is 38.1 Å². The van der Waals surface area contributed by atoms with Crippen molar-refractivity contribution in [2.45, 2.75) is 39.5 Å². The second-order valence-corrected chi connectivity index (χ2v) is 9.41. The van der Waals surface area contributed by atoms with Crippen LogP contribution in [0.2, 0.25) is 0 Å². The number of rotatable bonds is 7. The summed E-state index contributed by atoms with van der Waals surface area (Å²) in [5.41, 5.74) is 2.96. The standard InChI is InChI=1S/C25H26N4O3S/c1-5-31-20-9-7-6-8-19(20)23-27-18(15-33-23)14-21(30)26-17-12-10-16(11-13-17)22-28-24(32-29-22)25(2,3)4/h6-13,15H,5,14H2,1-4H3,(H,26,30). The molecule has 1 amide bonds. The lowest BCUT2D eigenvalue weighted by Crippen LogP contribution is -2.14. The van der Waals surface area contributed by atoms with Crippen molar-refractivity contribution in [3.63, 3.8) is 0 Å². The number of benzene rings is 2. The van der Waals surface area contributed by atoms with Gasteiger partial charge in [-0.15, -0.1) is 11.3 Å². The van der Waals surface area contributed by atoms with Crippen molar-refractivity contribution in [1.82, 2.24) is 15.1 Å². The first-order valence-electron chi connectivity index (χ1n) is 10.7. The maximum absolute atomic E-state index is 12.6. The number of hydrogen-bond donors (Lipinski definition) is 1. The number of para-hydroxylation sites is 1. The third-order valence-electron chi connectivity index (χ3n) is 4.81. The van der Waals surface area contributed by atoms with Crippen LogP contribution in [-0.2, 0) is 16.6 Å². The first-order valence-corrected chi connectivity index (χ1v) is 11.6. The van der Waals surface area contributed by atoms with E-state index in [2.05, 4.69) is 20.4 Å². The summed E-state index contributed by atoms with van der Waals surface area (Å²) >= 11 is 1.50. The highest BCUT2D eigenvalue weighted by atomic mass is 32.1. The Morgan fingerprint density at radius 3 is 2.55 bits per heavy atom. The maximum Gasteiger partial charge on any atom is 0.232 e. The van der Waals surface area contributed by atoms with Crippen LogP contribution >= 0.6 is 11.3 Å². The Hall–Kier alpha value is -3.52. The Kier molecular flexibility index (Phi) is 6.55. The lowest BCUT2D eigenvalue weighted by atomic mass is 9.97. The summed E-state index contributed by atoms with van der Waals surface area (Å²) in [6, 6.07) is 15.2. The predicted octanol–water partition coefficient (Wildman–Crippen LogP) is 5.74. The summed E-state index contributed by atoms with van der Waals surface area (Å²) in [5.74, 6) is 1.77. The number of carbonyl (C=O) groups is 1. The molecule has 0 spiro atoms. The highest BCUT2D eigenvalue weighted by Crippen LogP contribution is 2.32. The van der Waals surface area contributed by atoms with Gasteiger partial charge in [-0.2, -0.15) is 4.98 Å². The molecule has 8 heteroatoms. The molecule has 33 heavy (non-hydrogen) atoms. The van der Waals surface area contributed by atoms with Gasteiger partial charge in [0.25, 0.3) is 0 Å². The molecule has 0 saturated carbocycles. The van der Waals surface area contributed by atoms with Crippen LogP contribution in [0.4, 0.5) is 5.69 Å². The number of nitrogens with zero attached hydrogens (tertiary/aromatic N) is 3.